The minimum Gasteiger partial charge on any atom is -0.367 e. The summed E-state index contributed by atoms with van der Waals surface area (Å²) in [5.74, 6) is 1.93. The monoisotopic (exact) mass is 378 g/mol. The third-order valence-electron chi connectivity index (χ3n) is 6.63. The maximum absolute atomic E-state index is 4.62. The lowest BCUT2D eigenvalue weighted by molar-refractivity contribution is 0.173. The van der Waals surface area contributed by atoms with Gasteiger partial charge in [0.15, 0.2) is 0 Å². The Bertz CT molecular complexity index is 773. The number of rotatable bonds is 4. The lowest BCUT2D eigenvalue weighted by Gasteiger charge is -2.37. The van der Waals surface area contributed by atoms with E-state index in [9.17, 15) is 0 Å². The lowest BCUT2D eigenvalue weighted by Crippen LogP contribution is -2.34. The Morgan fingerprint density at radius 2 is 1.79 bits per heavy atom. The summed E-state index contributed by atoms with van der Waals surface area (Å²) in [6.45, 7) is 10.1. The highest BCUT2D eigenvalue weighted by atomic mass is 15.1. The van der Waals surface area contributed by atoms with Crippen molar-refractivity contribution in [1.82, 2.24) is 14.9 Å². The van der Waals surface area contributed by atoms with Gasteiger partial charge < -0.3 is 5.32 Å². The fourth-order valence-electron chi connectivity index (χ4n) is 4.81. The van der Waals surface area contributed by atoms with Crippen molar-refractivity contribution >= 4 is 5.82 Å². The zero-order valence-electron chi connectivity index (χ0n) is 17.6. The van der Waals surface area contributed by atoms with Crippen LogP contribution < -0.4 is 5.32 Å². The van der Waals surface area contributed by atoms with Crippen molar-refractivity contribution in [3.63, 3.8) is 0 Å². The summed E-state index contributed by atoms with van der Waals surface area (Å²) in [7, 11) is 0. The van der Waals surface area contributed by atoms with Crippen LogP contribution in [0.15, 0.2) is 36.7 Å². The summed E-state index contributed by atoms with van der Waals surface area (Å²) in [4.78, 5) is 11.7. The topological polar surface area (TPSA) is 41.1 Å². The number of benzene rings is 1. The van der Waals surface area contributed by atoms with Gasteiger partial charge in [-0.3, -0.25) is 4.90 Å². The first kappa shape index (κ1) is 19.4. The molecule has 0 saturated heterocycles. The van der Waals surface area contributed by atoms with Gasteiger partial charge in [-0.1, -0.05) is 51.1 Å². The SMILES string of the molecule is CC(C)(C)C1CCC(Nc2ncnc3c2CCN(Cc2ccccc2)C3)CC1. The van der Waals surface area contributed by atoms with Crippen molar-refractivity contribution < 1.29 is 0 Å². The summed E-state index contributed by atoms with van der Waals surface area (Å²) in [6.07, 6.45) is 7.91. The quantitative estimate of drug-likeness (QED) is 0.808. The lowest BCUT2D eigenvalue weighted by atomic mass is 9.71. The molecule has 2 aromatic rings. The van der Waals surface area contributed by atoms with E-state index < -0.39 is 0 Å². The molecule has 1 N–H and O–H groups in total. The molecule has 28 heavy (non-hydrogen) atoms. The highest BCUT2D eigenvalue weighted by Gasteiger charge is 2.30. The van der Waals surface area contributed by atoms with Gasteiger partial charge in [-0.05, 0) is 49.0 Å². The molecule has 2 heterocycles. The number of nitrogens with one attached hydrogen (secondary N) is 1. The Hall–Kier alpha value is -1.94. The van der Waals surface area contributed by atoms with Crippen molar-refractivity contribution in [3.8, 4) is 0 Å². The Labute approximate surface area is 169 Å². The van der Waals surface area contributed by atoms with Gasteiger partial charge in [0, 0.05) is 31.2 Å². The van der Waals surface area contributed by atoms with E-state index in [1.165, 1.54) is 42.5 Å². The van der Waals surface area contributed by atoms with Gasteiger partial charge in [0.1, 0.15) is 12.1 Å². The van der Waals surface area contributed by atoms with Crippen LogP contribution in [0.25, 0.3) is 0 Å². The molecule has 0 radical (unpaired) electrons. The molecule has 1 aromatic carbocycles. The number of fused-ring (bicyclic) bond motifs is 1. The van der Waals surface area contributed by atoms with Gasteiger partial charge >= 0.3 is 0 Å². The predicted molar refractivity (Wildman–Crippen MR) is 115 cm³/mol. The van der Waals surface area contributed by atoms with E-state index in [0.717, 1.165) is 37.8 Å². The third kappa shape index (κ3) is 4.54. The molecule has 1 aromatic heterocycles. The van der Waals surface area contributed by atoms with E-state index in [1.54, 1.807) is 6.33 Å². The van der Waals surface area contributed by atoms with Gasteiger partial charge in [0.2, 0.25) is 0 Å². The van der Waals surface area contributed by atoms with Gasteiger partial charge in [-0.15, -0.1) is 0 Å². The van der Waals surface area contributed by atoms with Crippen LogP contribution in [0.3, 0.4) is 0 Å². The minimum atomic E-state index is 0.432. The van der Waals surface area contributed by atoms with E-state index >= 15 is 0 Å². The van der Waals surface area contributed by atoms with E-state index in [1.807, 2.05) is 0 Å². The molecule has 0 unspecified atom stereocenters. The molecule has 2 aliphatic rings. The van der Waals surface area contributed by atoms with Crippen LogP contribution in [0.4, 0.5) is 5.82 Å². The van der Waals surface area contributed by atoms with E-state index in [0.29, 0.717) is 11.5 Å². The Balaban J connectivity index is 1.38. The zero-order valence-corrected chi connectivity index (χ0v) is 17.6. The first-order chi connectivity index (χ1) is 13.5. The highest BCUT2D eigenvalue weighted by Crippen LogP contribution is 2.38. The zero-order chi connectivity index (χ0) is 19.6. The normalized spacial score (nSPS) is 23.2. The maximum atomic E-state index is 4.62. The Morgan fingerprint density at radius 1 is 1.04 bits per heavy atom. The summed E-state index contributed by atoms with van der Waals surface area (Å²) in [5, 5.41) is 3.78. The van der Waals surface area contributed by atoms with Crippen LogP contribution in [0, 0.1) is 11.3 Å². The number of anilines is 1. The van der Waals surface area contributed by atoms with Gasteiger partial charge in [-0.2, -0.15) is 0 Å². The molecule has 0 bridgehead atoms. The van der Waals surface area contributed by atoms with Gasteiger partial charge in [0.05, 0.1) is 5.69 Å². The van der Waals surface area contributed by atoms with Crippen LogP contribution >= 0.6 is 0 Å². The maximum Gasteiger partial charge on any atom is 0.133 e. The second kappa shape index (κ2) is 8.20. The second-order valence-electron chi connectivity index (χ2n) is 9.65. The van der Waals surface area contributed by atoms with Crippen molar-refractivity contribution in [1.29, 1.82) is 0 Å². The molecule has 1 fully saturated rings. The van der Waals surface area contributed by atoms with Gasteiger partial charge in [-0.25, -0.2) is 9.97 Å². The van der Waals surface area contributed by atoms with Crippen LogP contribution in [-0.2, 0) is 19.5 Å². The molecular formula is C24H34N4. The highest BCUT2D eigenvalue weighted by molar-refractivity contribution is 5.47. The molecule has 0 atom stereocenters. The van der Waals surface area contributed by atoms with Crippen molar-refractivity contribution in [2.24, 2.45) is 11.3 Å². The molecule has 4 rings (SSSR count). The predicted octanol–water partition coefficient (Wildman–Crippen LogP) is 5.05. The molecule has 1 aliphatic heterocycles. The second-order valence-corrected chi connectivity index (χ2v) is 9.65. The largest absolute Gasteiger partial charge is 0.367 e. The summed E-state index contributed by atoms with van der Waals surface area (Å²) < 4.78 is 0. The molecule has 150 valence electrons. The van der Waals surface area contributed by atoms with Crippen LogP contribution in [0.1, 0.15) is 63.3 Å². The fourth-order valence-corrected chi connectivity index (χ4v) is 4.81. The number of hydrogen-bond acceptors (Lipinski definition) is 4. The van der Waals surface area contributed by atoms with Crippen LogP contribution in [0.2, 0.25) is 0 Å². The molecule has 0 spiro atoms. The number of nitrogens with zero attached hydrogens (tertiary/aromatic N) is 3. The smallest absolute Gasteiger partial charge is 0.133 e. The number of hydrogen-bond donors (Lipinski definition) is 1. The molecule has 1 saturated carbocycles. The molecular weight excluding hydrogens is 344 g/mol. The third-order valence-corrected chi connectivity index (χ3v) is 6.63. The van der Waals surface area contributed by atoms with Gasteiger partial charge in [0.25, 0.3) is 0 Å². The van der Waals surface area contributed by atoms with Crippen LogP contribution in [-0.4, -0.2) is 27.5 Å². The average molecular weight is 379 g/mol. The number of aromatic nitrogens is 2. The first-order valence-corrected chi connectivity index (χ1v) is 10.8. The van der Waals surface area contributed by atoms with Crippen molar-refractivity contribution in [2.75, 3.05) is 11.9 Å². The van der Waals surface area contributed by atoms with Crippen molar-refractivity contribution in [2.45, 2.75) is 72.0 Å². The van der Waals surface area contributed by atoms with E-state index in [-0.39, 0.29) is 0 Å². The summed E-state index contributed by atoms with van der Waals surface area (Å²) >= 11 is 0. The molecule has 1 aliphatic carbocycles. The van der Waals surface area contributed by atoms with E-state index in [2.05, 4.69) is 71.3 Å². The fraction of sp³-hybridized carbons (Fsp3) is 0.583. The summed E-state index contributed by atoms with van der Waals surface area (Å²) in [5.41, 5.74) is 4.34. The van der Waals surface area contributed by atoms with Crippen LogP contribution in [0.5, 0.6) is 0 Å². The molecule has 4 heteroatoms. The standard InChI is InChI=1S/C24H34N4/c1-24(2,3)19-9-11-20(12-10-19)27-23-21-13-14-28(16-22(21)25-17-26-23)15-18-7-5-4-6-8-18/h4-8,17,19-20H,9-16H2,1-3H3,(H,25,26,27). The minimum absolute atomic E-state index is 0.432. The molecule has 4 nitrogen and oxygen atoms in total. The molecule has 0 amide bonds. The Morgan fingerprint density at radius 3 is 2.50 bits per heavy atom. The average Bonchev–Trinajstić information content (AvgIpc) is 2.69. The van der Waals surface area contributed by atoms with Crippen molar-refractivity contribution in [3.05, 3.63) is 53.5 Å². The summed E-state index contributed by atoms with van der Waals surface area (Å²) in [6, 6.07) is 11.3. The van der Waals surface area contributed by atoms with E-state index in [4.69, 9.17) is 0 Å². The first-order valence-electron chi connectivity index (χ1n) is 10.8. The Kier molecular flexibility index (Phi) is 5.68.